The van der Waals surface area contributed by atoms with Crippen molar-refractivity contribution in [1.82, 2.24) is 9.78 Å². The summed E-state index contributed by atoms with van der Waals surface area (Å²) in [5.41, 5.74) is 0.172. The van der Waals surface area contributed by atoms with Gasteiger partial charge >= 0.3 is 6.61 Å². The second-order valence-corrected chi connectivity index (χ2v) is 5.83. The van der Waals surface area contributed by atoms with E-state index in [2.05, 4.69) is 31.1 Å². The first kappa shape index (κ1) is 20.0. The Hall–Kier alpha value is -2.30. The molecule has 0 spiro atoms. The number of hydrogen-bond acceptors (Lipinski definition) is 4. The first-order valence-electron chi connectivity index (χ1n) is 7.16. The van der Waals surface area contributed by atoms with E-state index in [0.717, 1.165) is 4.68 Å². The Morgan fingerprint density at radius 3 is 2.54 bits per heavy atom. The summed E-state index contributed by atoms with van der Waals surface area (Å²) in [6.45, 7) is -1.79. The Kier molecular flexibility index (Phi) is 6.46. The molecule has 0 aliphatic carbocycles. The summed E-state index contributed by atoms with van der Waals surface area (Å²) in [5, 5.41) is 6.21. The molecule has 2 aromatic rings. The maximum Gasteiger partial charge on any atom is 0.387 e. The molecule has 0 radical (unpaired) electrons. The summed E-state index contributed by atoms with van der Waals surface area (Å²) >= 11 is 3.02. The molecule has 11 heteroatoms. The molecule has 2 rings (SSSR count). The minimum absolute atomic E-state index is 0.00102. The minimum atomic E-state index is -3.02. The zero-order chi connectivity index (χ0) is 19.4. The van der Waals surface area contributed by atoms with Crippen LogP contribution in [-0.2, 0) is 11.3 Å². The predicted octanol–water partition coefficient (Wildman–Crippen LogP) is 4.14. The standard InChI is InChI=1S/C15H14BrF4N3O3/c1-7-12(16)13(14(17)18)22-23(7)6-11(24)21-8-3-4-9(26-15(19)20)10(5-8)25-2/h3-5,14-15H,6H2,1-2H3,(H,21,24). The summed E-state index contributed by atoms with van der Waals surface area (Å²) in [7, 11) is 1.26. The van der Waals surface area contributed by atoms with E-state index in [9.17, 15) is 22.4 Å². The minimum Gasteiger partial charge on any atom is -0.493 e. The van der Waals surface area contributed by atoms with Crippen LogP contribution in [0.5, 0.6) is 11.5 Å². The van der Waals surface area contributed by atoms with E-state index in [0.29, 0.717) is 5.69 Å². The van der Waals surface area contributed by atoms with Gasteiger partial charge in [0.2, 0.25) is 5.91 Å². The van der Waals surface area contributed by atoms with E-state index in [-0.39, 0.29) is 28.2 Å². The van der Waals surface area contributed by atoms with Crippen LogP contribution in [-0.4, -0.2) is 29.4 Å². The number of nitrogens with zero attached hydrogens (tertiary/aromatic N) is 2. The lowest BCUT2D eigenvalue weighted by molar-refractivity contribution is -0.117. The van der Waals surface area contributed by atoms with Crippen LogP contribution in [0.4, 0.5) is 23.2 Å². The molecular formula is C15H14BrF4N3O3. The highest BCUT2D eigenvalue weighted by molar-refractivity contribution is 9.10. The number of rotatable bonds is 7. The monoisotopic (exact) mass is 439 g/mol. The number of amides is 1. The van der Waals surface area contributed by atoms with Crippen LogP contribution in [0.1, 0.15) is 17.8 Å². The SMILES string of the molecule is COc1cc(NC(=O)Cn2nc(C(F)F)c(Br)c2C)ccc1OC(F)F. The van der Waals surface area contributed by atoms with Gasteiger partial charge in [0.25, 0.3) is 6.43 Å². The molecule has 26 heavy (non-hydrogen) atoms. The highest BCUT2D eigenvalue weighted by Crippen LogP contribution is 2.32. The molecular weight excluding hydrogens is 426 g/mol. The molecule has 0 fully saturated rings. The summed E-state index contributed by atoms with van der Waals surface area (Å²) in [4.78, 5) is 12.1. The van der Waals surface area contributed by atoms with Gasteiger partial charge in [0.05, 0.1) is 17.3 Å². The van der Waals surface area contributed by atoms with Crippen LogP contribution < -0.4 is 14.8 Å². The second kappa shape index (κ2) is 8.39. The topological polar surface area (TPSA) is 65.4 Å². The van der Waals surface area contributed by atoms with Crippen molar-refractivity contribution in [2.75, 3.05) is 12.4 Å². The van der Waals surface area contributed by atoms with E-state index < -0.39 is 24.6 Å². The molecule has 0 aliphatic heterocycles. The quantitative estimate of drug-likeness (QED) is 0.658. The van der Waals surface area contributed by atoms with Crippen molar-refractivity contribution in [3.05, 3.63) is 34.1 Å². The van der Waals surface area contributed by atoms with Gasteiger partial charge in [0.1, 0.15) is 12.2 Å². The fraction of sp³-hybridized carbons (Fsp3) is 0.333. The molecule has 142 valence electrons. The van der Waals surface area contributed by atoms with Gasteiger partial charge in [0.15, 0.2) is 11.5 Å². The van der Waals surface area contributed by atoms with Crippen LogP contribution in [0.25, 0.3) is 0 Å². The van der Waals surface area contributed by atoms with Crippen molar-refractivity contribution in [3.63, 3.8) is 0 Å². The lowest BCUT2D eigenvalue weighted by Gasteiger charge is -2.12. The first-order chi connectivity index (χ1) is 12.2. The number of methoxy groups -OCH3 is 1. The largest absolute Gasteiger partial charge is 0.493 e. The van der Waals surface area contributed by atoms with Crippen molar-refractivity contribution >= 4 is 27.5 Å². The van der Waals surface area contributed by atoms with Crippen LogP contribution in [0.15, 0.2) is 22.7 Å². The average Bonchev–Trinajstić information content (AvgIpc) is 2.84. The molecule has 1 N–H and O–H groups in total. The van der Waals surface area contributed by atoms with Crippen molar-refractivity contribution in [3.8, 4) is 11.5 Å². The zero-order valence-electron chi connectivity index (χ0n) is 13.6. The fourth-order valence-corrected chi connectivity index (χ4v) is 2.57. The van der Waals surface area contributed by atoms with Crippen LogP contribution >= 0.6 is 15.9 Å². The molecule has 0 unspecified atom stereocenters. The lowest BCUT2D eigenvalue weighted by Crippen LogP contribution is -2.20. The Labute approximate surface area is 154 Å². The second-order valence-electron chi connectivity index (χ2n) is 5.04. The summed E-state index contributed by atoms with van der Waals surface area (Å²) in [6, 6.07) is 3.85. The normalized spacial score (nSPS) is 11.1. The highest BCUT2D eigenvalue weighted by atomic mass is 79.9. The Bertz CT molecular complexity index is 799. The van der Waals surface area contributed by atoms with Gasteiger partial charge in [-0.15, -0.1) is 0 Å². The number of aromatic nitrogens is 2. The summed E-state index contributed by atoms with van der Waals surface area (Å²) in [6.07, 6.45) is -2.78. The number of anilines is 1. The van der Waals surface area contributed by atoms with Gasteiger partial charge in [-0.25, -0.2) is 8.78 Å². The summed E-state index contributed by atoms with van der Waals surface area (Å²) in [5.74, 6) is -0.733. The molecule has 6 nitrogen and oxygen atoms in total. The lowest BCUT2D eigenvalue weighted by atomic mass is 10.2. The molecule has 1 heterocycles. The molecule has 1 aromatic heterocycles. The zero-order valence-corrected chi connectivity index (χ0v) is 15.2. The van der Waals surface area contributed by atoms with Crippen LogP contribution in [0.3, 0.4) is 0 Å². The molecule has 0 saturated carbocycles. The Morgan fingerprint density at radius 1 is 1.31 bits per heavy atom. The number of carbonyl (C=O) groups is 1. The number of halogens is 5. The van der Waals surface area contributed by atoms with Gasteiger partial charge in [-0.3, -0.25) is 9.48 Å². The number of hydrogen-bond donors (Lipinski definition) is 1. The average molecular weight is 440 g/mol. The van der Waals surface area contributed by atoms with E-state index in [1.807, 2.05) is 0 Å². The number of carbonyl (C=O) groups excluding carboxylic acids is 1. The smallest absolute Gasteiger partial charge is 0.387 e. The van der Waals surface area contributed by atoms with Crippen molar-refractivity contribution in [2.45, 2.75) is 26.5 Å². The van der Waals surface area contributed by atoms with Gasteiger partial charge in [-0.05, 0) is 35.0 Å². The highest BCUT2D eigenvalue weighted by Gasteiger charge is 2.21. The fourth-order valence-electron chi connectivity index (χ4n) is 2.12. The third kappa shape index (κ3) is 4.65. The first-order valence-corrected chi connectivity index (χ1v) is 7.95. The maximum atomic E-state index is 12.8. The van der Waals surface area contributed by atoms with E-state index in [1.54, 1.807) is 0 Å². The Morgan fingerprint density at radius 2 is 2.00 bits per heavy atom. The molecule has 0 bridgehead atoms. The molecule has 1 aromatic carbocycles. The predicted molar refractivity (Wildman–Crippen MR) is 87.9 cm³/mol. The van der Waals surface area contributed by atoms with Gasteiger partial charge < -0.3 is 14.8 Å². The number of ether oxygens (including phenoxy) is 2. The van der Waals surface area contributed by atoms with Crippen LogP contribution in [0, 0.1) is 6.92 Å². The molecule has 0 atom stereocenters. The molecule has 0 saturated heterocycles. The number of nitrogens with one attached hydrogen (secondary N) is 1. The van der Waals surface area contributed by atoms with Gasteiger partial charge in [-0.2, -0.15) is 13.9 Å². The third-order valence-electron chi connectivity index (χ3n) is 3.32. The van der Waals surface area contributed by atoms with E-state index in [1.165, 1.54) is 32.2 Å². The van der Waals surface area contributed by atoms with E-state index >= 15 is 0 Å². The number of benzene rings is 1. The van der Waals surface area contributed by atoms with Gasteiger partial charge in [0, 0.05) is 11.8 Å². The summed E-state index contributed by atoms with van der Waals surface area (Å²) < 4.78 is 60.8. The molecule has 0 aliphatic rings. The van der Waals surface area contributed by atoms with Crippen LogP contribution in [0.2, 0.25) is 0 Å². The third-order valence-corrected chi connectivity index (χ3v) is 4.30. The van der Waals surface area contributed by atoms with E-state index in [4.69, 9.17) is 4.74 Å². The van der Waals surface area contributed by atoms with Crippen molar-refractivity contribution in [1.29, 1.82) is 0 Å². The van der Waals surface area contributed by atoms with Crippen molar-refractivity contribution in [2.24, 2.45) is 0 Å². The number of alkyl halides is 4. The van der Waals surface area contributed by atoms with Gasteiger partial charge in [-0.1, -0.05) is 0 Å². The Balaban J connectivity index is 2.12. The molecule has 1 amide bonds. The maximum absolute atomic E-state index is 12.8. The van der Waals surface area contributed by atoms with Crippen molar-refractivity contribution < 1.29 is 31.8 Å².